The highest BCUT2D eigenvalue weighted by Crippen LogP contribution is 2.11. The highest BCUT2D eigenvalue weighted by Gasteiger charge is 2.29. The molecule has 0 aromatic carbocycles. The lowest BCUT2D eigenvalue weighted by atomic mass is 10.2. The molecule has 16 heavy (non-hydrogen) atoms. The lowest BCUT2D eigenvalue weighted by Crippen LogP contribution is -2.36. The number of nitrogens with one attached hydrogen (secondary N) is 1. The van der Waals surface area contributed by atoms with Crippen molar-refractivity contribution in [3.63, 3.8) is 0 Å². The Kier molecular flexibility index (Phi) is 2.86. The van der Waals surface area contributed by atoms with Crippen LogP contribution in [0, 0.1) is 0 Å². The van der Waals surface area contributed by atoms with Crippen LogP contribution in [0.5, 0.6) is 0 Å². The SMILES string of the molecule is O=C(N[C@H]1CCS(=O)(=O)C1)c1cnccn1. The van der Waals surface area contributed by atoms with E-state index in [2.05, 4.69) is 15.3 Å². The average molecular weight is 241 g/mol. The summed E-state index contributed by atoms with van der Waals surface area (Å²) >= 11 is 0. The summed E-state index contributed by atoms with van der Waals surface area (Å²) in [5.41, 5.74) is 0.201. The lowest BCUT2D eigenvalue weighted by molar-refractivity contribution is 0.0935. The fraction of sp³-hybridized carbons (Fsp3) is 0.444. The Labute approximate surface area is 93.0 Å². The zero-order valence-electron chi connectivity index (χ0n) is 8.46. The fourth-order valence-electron chi connectivity index (χ4n) is 1.58. The summed E-state index contributed by atoms with van der Waals surface area (Å²) in [5.74, 6) is -0.229. The van der Waals surface area contributed by atoms with E-state index < -0.39 is 9.84 Å². The summed E-state index contributed by atoms with van der Waals surface area (Å²) in [6.07, 6.45) is 4.70. The molecule has 0 saturated carbocycles. The third kappa shape index (κ3) is 2.54. The molecule has 1 saturated heterocycles. The minimum absolute atomic E-state index is 0.0129. The van der Waals surface area contributed by atoms with Gasteiger partial charge in [0.25, 0.3) is 5.91 Å². The highest BCUT2D eigenvalue weighted by molar-refractivity contribution is 7.91. The molecule has 0 aliphatic carbocycles. The number of sulfone groups is 1. The Balaban J connectivity index is 1.99. The molecule has 86 valence electrons. The van der Waals surface area contributed by atoms with Crippen molar-refractivity contribution in [1.29, 1.82) is 0 Å². The van der Waals surface area contributed by atoms with Gasteiger partial charge in [0.1, 0.15) is 5.69 Å². The number of aromatic nitrogens is 2. The van der Waals surface area contributed by atoms with Crippen LogP contribution in [-0.2, 0) is 9.84 Å². The van der Waals surface area contributed by atoms with Crippen LogP contribution in [0.1, 0.15) is 16.9 Å². The second-order valence-electron chi connectivity index (χ2n) is 3.66. The number of carbonyl (C=O) groups excluding carboxylic acids is 1. The number of amides is 1. The van der Waals surface area contributed by atoms with Gasteiger partial charge in [-0.15, -0.1) is 0 Å². The molecule has 1 aromatic heterocycles. The van der Waals surface area contributed by atoms with Gasteiger partial charge in [-0.25, -0.2) is 13.4 Å². The number of nitrogens with zero attached hydrogens (tertiary/aromatic N) is 2. The monoisotopic (exact) mass is 241 g/mol. The van der Waals surface area contributed by atoms with Crippen LogP contribution in [0.2, 0.25) is 0 Å². The second kappa shape index (κ2) is 4.17. The molecular formula is C9H11N3O3S. The maximum absolute atomic E-state index is 11.6. The van der Waals surface area contributed by atoms with E-state index in [0.29, 0.717) is 6.42 Å². The van der Waals surface area contributed by atoms with Gasteiger partial charge in [0.15, 0.2) is 9.84 Å². The lowest BCUT2D eigenvalue weighted by Gasteiger charge is -2.09. The molecule has 1 N–H and O–H groups in total. The van der Waals surface area contributed by atoms with Crippen LogP contribution in [-0.4, -0.2) is 41.8 Å². The first-order valence-electron chi connectivity index (χ1n) is 4.84. The largest absolute Gasteiger partial charge is 0.347 e. The number of rotatable bonds is 2. The summed E-state index contributed by atoms with van der Waals surface area (Å²) in [4.78, 5) is 19.2. The van der Waals surface area contributed by atoms with Crippen molar-refractivity contribution in [1.82, 2.24) is 15.3 Å². The normalized spacial score (nSPS) is 22.9. The minimum atomic E-state index is -2.97. The van der Waals surface area contributed by atoms with Gasteiger partial charge in [0, 0.05) is 18.4 Å². The molecule has 1 aromatic rings. The van der Waals surface area contributed by atoms with E-state index >= 15 is 0 Å². The molecule has 2 heterocycles. The number of carbonyl (C=O) groups is 1. The van der Waals surface area contributed by atoms with Crippen LogP contribution in [0.15, 0.2) is 18.6 Å². The summed E-state index contributed by atoms with van der Waals surface area (Å²) < 4.78 is 22.4. The Morgan fingerprint density at radius 2 is 2.25 bits per heavy atom. The van der Waals surface area contributed by atoms with Crippen LogP contribution in [0.3, 0.4) is 0 Å². The van der Waals surface area contributed by atoms with Gasteiger partial charge < -0.3 is 5.32 Å². The molecular weight excluding hydrogens is 230 g/mol. The molecule has 1 amide bonds. The third-order valence-electron chi connectivity index (χ3n) is 2.36. The van der Waals surface area contributed by atoms with Gasteiger partial charge in [-0.3, -0.25) is 9.78 Å². The molecule has 1 aliphatic rings. The second-order valence-corrected chi connectivity index (χ2v) is 5.89. The van der Waals surface area contributed by atoms with E-state index in [1.165, 1.54) is 18.6 Å². The molecule has 0 radical (unpaired) electrons. The summed E-state index contributed by atoms with van der Waals surface area (Å²) in [7, 11) is -2.97. The minimum Gasteiger partial charge on any atom is -0.347 e. The number of hydrogen-bond donors (Lipinski definition) is 1. The topological polar surface area (TPSA) is 89.0 Å². The van der Waals surface area contributed by atoms with Crippen LogP contribution < -0.4 is 5.32 Å². The van der Waals surface area contributed by atoms with Crippen LogP contribution in [0.4, 0.5) is 0 Å². The summed E-state index contributed by atoms with van der Waals surface area (Å²) in [6.45, 7) is 0. The van der Waals surface area contributed by atoms with E-state index in [9.17, 15) is 13.2 Å². The van der Waals surface area contributed by atoms with Gasteiger partial charge in [0.2, 0.25) is 0 Å². The quantitative estimate of drug-likeness (QED) is 0.746. The van der Waals surface area contributed by atoms with E-state index in [0.717, 1.165) is 0 Å². The van der Waals surface area contributed by atoms with Crippen LogP contribution >= 0.6 is 0 Å². The molecule has 1 atom stereocenters. The van der Waals surface area contributed by atoms with Gasteiger partial charge >= 0.3 is 0 Å². The molecule has 1 aliphatic heterocycles. The summed E-state index contributed by atoms with van der Waals surface area (Å²) in [6, 6.07) is -0.306. The Morgan fingerprint density at radius 3 is 2.81 bits per heavy atom. The van der Waals surface area contributed by atoms with Crippen molar-refractivity contribution in [2.45, 2.75) is 12.5 Å². The third-order valence-corrected chi connectivity index (χ3v) is 4.13. The molecule has 0 spiro atoms. The Hall–Kier alpha value is -1.50. The number of hydrogen-bond acceptors (Lipinski definition) is 5. The Bertz CT molecular complexity index is 486. The van der Waals surface area contributed by atoms with Crippen LogP contribution in [0.25, 0.3) is 0 Å². The van der Waals surface area contributed by atoms with Crippen molar-refractivity contribution < 1.29 is 13.2 Å². The highest BCUT2D eigenvalue weighted by atomic mass is 32.2. The maximum Gasteiger partial charge on any atom is 0.271 e. The van der Waals surface area contributed by atoms with Crippen molar-refractivity contribution in [2.24, 2.45) is 0 Å². The van der Waals surface area contributed by atoms with E-state index in [-0.39, 0.29) is 29.1 Å². The Morgan fingerprint density at radius 1 is 1.44 bits per heavy atom. The van der Waals surface area contributed by atoms with Crippen molar-refractivity contribution >= 4 is 15.7 Å². The predicted octanol–water partition coefficient (Wildman–Crippen LogP) is -0.607. The first-order valence-corrected chi connectivity index (χ1v) is 6.66. The van der Waals surface area contributed by atoms with Gasteiger partial charge in [-0.1, -0.05) is 0 Å². The van der Waals surface area contributed by atoms with Gasteiger partial charge in [0.05, 0.1) is 17.7 Å². The molecule has 0 bridgehead atoms. The molecule has 1 fully saturated rings. The average Bonchev–Trinajstić information content (AvgIpc) is 2.59. The standard InChI is InChI=1S/C9H11N3O3S/c13-9(8-5-10-2-3-11-8)12-7-1-4-16(14,15)6-7/h2-3,5,7H,1,4,6H2,(H,12,13)/t7-/m0/s1. The van der Waals surface area contributed by atoms with Crippen molar-refractivity contribution in [2.75, 3.05) is 11.5 Å². The van der Waals surface area contributed by atoms with Gasteiger partial charge in [-0.05, 0) is 6.42 Å². The maximum atomic E-state index is 11.6. The molecule has 6 nitrogen and oxygen atoms in total. The zero-order chi connectivity index (χ0) is 11.6. The summed E-state index contributed by atoms with van der Waals surface area (Å²) in [5, 5.41) is 2.63. The van der Waals surface area contributed by atoms with Crippen molar-refractivity contribution in [3.05, 3.63) is 24.3 Å². The van der Waals surface area contributed by atoms with E-state index in [1.807, 2.05) is 0 Å². The van der Waals surface area contributed by atoms with E-state index in [4.69, 9.17) is 0 Å². The smallest absolute Gasteiger partial charge is 0.271 e. The predicted molar refractivity (Wildman–Crippen MR) is 56.6 cm³/mol. The molecule has 2 rings (SSSR count). The fourth-order valence-corrected chi connectivity index (χ4v) is 3.26. The van der Waals surface area contributed by atoms with Gasteiger partial charge in [-0.2, -0.15) is 0 Å². The van der Waals surface area contributed by atoms with Crippen molar-refractivity contribution in [3.8, 4) is 0 Å². The molecule has 0 unspecified atom stereocenters. The van der Waals surface area contributed by atoms with E-state index in [1.54, 1.807) is 0 Å². The zero-order valence-corrected chi connectivity index (χ0v) is 9.27. The molecule has 7 heteroatoms. The first kappa shape index (κ1) is 11.0. The first-order chi connectivity index (χ1) is 7.57.